The number of nitrogens with two attached hydrogens (primary N) is 1. The van der Waals surface area contributed by atoms with Gasteiger partial charge in [-0.05, 0) is 54.3 Å². The number of H-pyrrole nitrogens is 1. The molecule has 0 aromatic carbocycles. The minimum absolute atomic E-state index is 0.0332. The molecular weight excluding hydrogens is 360 g/mol. The van der Waals surface area contributed by atoms with E-state index in [1.54, 1.807) is 7.05 Å². The number of hydrogen-bond acceptors (Lipinski definition) is 3. The van der Waals surface area contributed by atoms with Crippen LogP contribution in [0.1, 0.15) is 30.4 Å². The Hall–Kier alpha value is -3.05. The molecule has 152 valence electrons. The monoisotopic (exact) mass is 390 g/mol. The average molecular weight is 391 g/mol. The van der Waals surface area contributed by atoms with Gasteiger partial charge in [0.2, 0.25) is 0 Å². The summed E-state index contributed by atoms with van der Waals surface area (Å²) in [6, 6.07) is 5.90. The van der Waals surface area contributed by atoms with Crippen LogP contribution in [0.4, 0.5) is 5.69 Å². The van der Waals surface area contributed by atoms with Gasteiger partial charge in [0, 0.05) is 43.6 Å². The lowest BCUT2D eigenvalue weighted by molar-refractivity contribution is -0.115. The zero-order valence-electron chi connectivity index (χ0n) is 17.4. The van der Waals surface area contributed by atoms with Gasteiger partial charge < -0.3 is 20.9 Å². The fraction of sp³-hybridized carbons (Fsp3) is 0.292. The lowest BCUT2D eigenvalue weighted by atomic mass is 10.0. The number of hydrogen-bond donors (Lipinski definition) is 3. The van der Waals surface area contributed by atoms with Crippen molar-refractivity contribution < 1.29 is 4.79 Å². The third kappa shape index (κ3) is 4.87. The number of aryl methyl sites for hydroxylation is 1. The SMILES string of the molecule is CN/C(=C\C1=CC/C=C\C(N)/C=C\1)C(=O)N1CC(C)c2c(C)cc[nH]cccc21. The van der Waals surface area contributed by atoms with E-state index >= 15 is 0 Å². The Kier molecular flexibility index (Phi) is 6.73. The number of nitrogens with one attached hydrogen (secondary N) is 2. The first-order chi connectivity index (χ1) is 14.0. The van der Waals surface area contributed by atoms with Crippen molar-refractivity contribution in [1.29, 1.82) is 0 Å². The third-order valence-electron chi connectivity index (χ3n) is 5.23. The Balaban J connectivity index is 1.99. The van der Waals surface area contributed by atoms with Crippen LogP contribution < -0.4 is 16.0 Å². The lowest BCUT2D eigenvalue weighted by Gasteiger charge is -2.19. The van der Waals surface area contributed by atoms with Gasteiger partial charge in [-0.15, -0.1) is 0 Å². The van der Waals surface area contributed by atoms with Crippen LogP contribution in [-0.4, -0.2) is 30.5 Å². The fourth-order valence-corrected chi connectivity index (χ4v) is 3.79. The first-order valence-electron chi connectivity index (χ1n) is 10.0. The maximum absolute atomic E-state index is 13.4. The number of aromatic nitrogens is 1. The van der Waals surface area contributed by atoms with E-state index in [9.17, 15) is 4.79 Å². The number of fused-ring (bicyclic) bond motifs is 1. The molecule has 0 saturated heterocycles. The Morgan fingerprint density at radius 2 is 2.14 bits per heavy atom. The number of aromatic amines is 1. The maximum Gasteiger partial charge on any atom is 0.274 e. The van der Waals surface area contributed by atoms with Crippen LogP contribution in [0.2, 0.25) is 0 Å². The van der Waals surface area contributed by atoms with E-state index in [4.69, 9.17) is 5.73 Å². The first-order valence-corrected chi connectivity index (χ1v) is 10.0. The number of carbonyl (C=O) groups is 1. The Labute approximate surface area is 173 Å². The molecular formula is C24H30N4O. The highest BCUT2D eigenvalue weighted by Gasteiger charge is 2.31. The Morgan fingerprint density at radius 3 is 2.93 bits per heavy atom. The molecule has 29 heavy (non-hydrogen) atoms. The van der Waals surface area contributed by atoms with Gasteiger partial charge in [0.05, 0.1) is 0 Å². The number of anilines is 1. The molecule has 2 heterocycles. The summed E-state index contributed by atoms with van der Waals surface area (Å²) in [4.78, 5) is 18.4. The summed E-state index contributed by atoms with van der Waals surface area (Å²) in [7, 11) is 1.79. The van der Waals surface area contributed by atoms with E-state index < -0.39 is 0 Å². The zero-order chi connectivity index (χ0) is 20.8. The second-order valence-electron chi connectivity index (χ2n) is 7.44. The largest absolute Gasteiger partial charge is 0.384 e. The standard InChI is InChI=1S/C24H30N4O/c1-17-12-14-27-13-6-9-22-23(17)18(2)16-28(22)24(29)21(26-3)15-19-7-4-5-8-20(25)11-10-19/h5-15,18,20,26-27H,4,16,25H2,1-3H3/b8-5-,11-10-,13-6?,14-12?,19-7?,21-15-,22-9?,23-17?. The zero-order valence-corrected chi connectivity index (χ0v) is 17.4. The van der Waals surface area contributed by atoms with E-state index in [0.717, 1.165) is 23.2 Å². The molecule has 0 saturated carbocycles. The molecule has 2 unspecified atom stereocenters. The molecule has 0 radical (unpaired) electrons. The van der Waals surface area contributed by atoms with Crippen molar-refractivity contribution in [2.75, 3.05) is 18.5 Å². The highest BCUT2D eigenvalue weighted by Crippen LogP contribution is 2.37. The summed E-state index contributed by atoms with van der Waals surface area (Å²) >= 11 is 0. The van der Waals surface area contributed by atoms with Crippen LogP contribution in [0.5, 0.6) is 0 Å². The van der Waals surface area contributed by atoms with Crippen molar-refractivity contribution in [3.63, 3.8) is 0 Å². The third-order valence-corrected chi connectivity index (χ3v) is 5.23. The van der Waals surface area contributed by atoms with Gasteiger partial charge in [-0.25, -0.2) is 0 Å². The van der Waals surface area contributed by atoms with Crippen molar-refractivity contribution in [3.8, 4) is 0 Å². The molecule has 0 fully saturated rings. The van der Waals surface area contributed by atoms with E-state index in [-0.39, 0.29) is 17.9 Å². The molecule has 1 aliphatic carbocycles. The fourth-order valence-electron chi connectivity index (χ4n) is 3.79. The number of allylic oxidation sites excluding steroid dienone is 5. The van der Waals surface area contributed by atoms with E-state index in [2.05, 4.69) is 36.3 Å². The van der Waals surface area contributed by atoms with Crippen LogP contribution in [0, 0.1) is 6.92 Å². The van der Waals surface area contributed by atoms with E-state index in [1.807, 2.05) is 59.8 Å². The molecule has 0 spiro atoms. The summed E-state index contributed by atoms with van der Waals surface area (Å²) < 4.78 is 0. The molecule has 5 heteroatoms. The lowest BCUT2D eigenvalue weighted by Crippen LogP contribution is -2.34. The minimum Gasteiger partial charge on any atom is -0.384 e. The molecule has 1 amide bonds. The van der Waals surface area contributed by atoms with Gasteiger partial charge in [0.25, 0.3) is 5.91 Å². The molecule has 2 aliphatic rings. The van der Waals surface area contributed by atoms with Gasteiger partial charge in [0.1, 0.15) is 5.70 Å². The van der Waals surface area contributed by atoms with Crippen LogP contribution >= 0.6 is 0 Å². The van der Waals surface area contributed by atoms with Crippen molar-refractivity contribution in [2.45, 2.75) is 32.2 Å². The Morgan fingerprint density at radius 1 is 1.31 bits per heavy atom. The second-order valence-corrected chi connectivity index (χ2v) is 7.44. The molecule has 4 N–H and O–H groups in total. The maximum atomic E-state index is 13.4. The highest BCUT2D eigenvalue weighted by atomic mass is 16.2. The quantitative estimate of drug-likeness (QED) is 0.543. The highest BCUT2D eigenvalue weighted by molar-refractivity contribution is 6.07. The van der Waals surface area contributed by atoms with Crippen molar-refractivity contribution in [3.05, 3.63) is 89.4 Å². The number of likely N-dealkylation sites (N-methyl/N-ethyl adjacent to an activating group) is 1. The predicted molar refractivity (Wildman–Crippen MR) is 120 cm³/mol. The van der Waals surface area contributed by atoms with Gasteiger partial charge in [-0.2, -0.15) is 0 Å². The first kappa shape index (κ1) is 20.7. The van der Waals surface area contributed by atoms with Crippen molar-refractivity contribution >= 4 is 11.6 Å². The normalized spacial score (nSPS) is 23.2. The molecule has 1 aromatic rings. The van der Waals surface area contributed by atoms with Gasteiger partial charge in [0.15, 0.2) is 0 Å². The van der Waals surface area contributed by atoms with Crippen LogP contribution in [0.15, 0.2) is 78.3 Å². The number of amides is 1. The van der Waals surface area contributed by atoms with Crippen LogP contribution in [0.3, 0.4) is 0 Å². The molecule has 1 aliphatic heterocycles. The van der Waals surface area contributed by atoms with Crippen molar-refractivity contribution in [1.82, 2.24) is 10.3 Å². The summed E-state index contributed by atoms with van der Waals surface area (Å²) in [6.45, 7) is 4.92. The van der Waals surface area contributed by atoms with E-state index in [0.29, 0.717) is 12.2 Å². The number of nitrogens with zero attached hydrogens (tertiary/aromatic N) is 1. The summed E-state index contributed by atoms with van der Waals surface area (Å²) in [5.74, 6) is 0.234. The summed E-state index contributed by atoms with van der Waals surface area (Å²) in [6.07, 6.45) is 16.5. The van der Waals surface area contributed by atoms with Gasteiger partial charge in [-0.1, -0.05) is 37.3 Å². The van der Waals surface area contributed by atoms with Crippen molar-refractivity contribution in [2.24, 2.45) is 5.73 Å². The molecule has 2 atom stereocenters. The van der Waals surface area contributed by atoms with Gasteiger partial charge >= 0.3 is 0 Å². The van der Waals surface area contributed by atoms with Gasteiger partial charge in [-0.3, -0.25) is 4.79 Å². The smallest absolute Gasteiger partial charge is 0.274 e. The molecule has 1 aromatic heterocycles. The number of carbonyl (C=O) groups excluding carboxylic acids is 1. The molecule has 3 rings (SSSR count). The van der Waals surface area contributed by atoms with Crippen LogP contribution in [0.25, 0.3) is 0 Å². The average Bonchev–Trinajstić information content (AvgIpc) is 3.06. The second kappa shape index (κ2) is 9.43. The number of rotatable bonds is 3. The predicted octanol–water partition coefficient (Wildman–Crippen LogP) is 3.77. The topological polar surface area (TPSA) is 74.2 Å². The minimum atomic E-state index is -0.103. The van der Waals surface area contributed by atoms with Crippen LogP contribution in [-0.2, 0) is 4.79 Å². The molecule has 5 nitrogen and oxygen atoms in total. The summed E-state index contributed by atoms with van der Waals surface area (Å²) in [5, 5.41) is 3.09. The summed E-state index contributed by atoms with van der Waals surface area (Å²) in [5.41, 5.74) is 10.8. The molecule has 0 bridgehead atoms. The Bertz CT molecular complexity index is 934. The van der Waals surface area contributed by atoms with E-state index in [1.165, 1.54) is 5.56 Å².